The first-order chi connectivity index (χ1) is 11.1. The van der Waals surface area contributed by atoms with Gasteiger partial charge in [-0.15, -0.1) is 0 Å². The van der Waals surface area contributed by atoms with E-state index in [-0.39, 0.29) is 28.0 Å². The van der Waals surface area contributed by atoms with Gasteiger partial charge in [0.15, 0.2) is 9.84 Å². The first kappa shape index (κ1) is 18.5. The lowest BCUT2D eigenvalue weighted by molar-refractivity contribution is -0.137. The predicted molar refractivity (Wildman–Crippen MR) is 85.7 cm³/mol. The van der Waals surface area contributed by atoms with Gasteiger partial charge in [0.05, 0.1) is 21.9 Å². The van der Waals surface area contributed by atoms with E-state index in [2.05, 4.69) is 10.3 Å². The van der Waals surface area contributed by atoms with Crippen LogP contribution in [0.15, 0.2) is 41.4 Å². The molecule has 0 aliphatic carbocycles. The number of aromatic nitrogens is 1. The second-order valence-electron chi connectivity index (χ2n) is 4.95. The molecule has 130 valence electrons. The molecule has 0 atom stereocenters. The molecule has 1 N–H and O–H groups in total. The zero-order valence-corrected chi connectivity index (χ0v) is 14.1. The highest BCUT2D eigenvalue weighted by atomic mass is 35.5. The van der Waals surface area contributed by atoms with E-state index in [4.69, 9.17) is 11.6 Å². The average molecular weight is 379 g/mol. The highest BCUT2D eigenvalue weighted by molar-refractivity contribution is 7.91. The minimum absolute atomic E-state index is 0.0104. The molecular formula is C15H14ClF3N2O2S. The van der Waals surface area contributed by atoms with Crippen LogP contribution in [0.3, 0.4) is 0 Å². The van der Waals surface area contributed by atoms with Crippen molar-refractivity contribution in [2.45, 2.75) is 24.5 Å². The lowest BCUT2D eigenvalue weighted by Gasteiger charge is -2.14. The van der Waals surface area contributed by atoms with E-state index >= 15 is 0 Å². The summed E-state index contributed by atoms with van der Waals surface area (Å²) >= 11 is 5.65. The van der Waals surface area contributed by atoms with Crippen molar-refractivity contribution in [1.29, 1.82) is 0 Å². The summed E-state index contributed by atoms with van der Waals surface area (Å²) in [6.07, 6.45) is -3.92. The van der Waals surface area contributed by atoms with E-state index in [1.54, 1.807) is 12.1 Å². The third kappa shape index (κ3) is 4.39. The van der Waals surface area contributed by atoms with Gasteiger partial charge >= 0.3 is 6.18 Å². The Morgan fingerprint density at radius 1 is 1.25 bits per heavy atom. The van der Waals surface area contributed by atoms with Gasteiger partial charge < -0.3 is 5.32 Å². The number of benzene rings is 1. The zero-order chi connectivity index (χ0) is 18.0. The molecule has 1 aromatic carbocycles. The van der Waals surface area contributed by atoms with Crippen molar-refractivity contribution in [3.8, 4) is 0 Å². The van der Waals surface area contributed by atoms with Crippen LogP contribution in [0.5, 0.6) is 0 Å². The molecule has 0 saturated heterocycles. The van der Waals surface area contributed by atoms with E-state index in [1.807, 2.05) is 0 Å². The van der Waals surface area contributed by atoms with Crippen molar-refractivity contribution in [2.24, 2.45) is 0 Å². The molecular weight excluding hydrogens is 365 g/mol. The molecule has 0 spiro atoms. The van der Waals surface area contributed by atoms with Gasteiger partial charge in [-0.25, -0.2) is 13.4 Å². The van der Waals surface area contributed by atoms with Crippen LogP contribution in [-0.4, -0.2) is 19.2 Å². The number of alkyl halides is 3. The maximum absolute atomic E-state index is 13.0. The molecule has 1 aromatic heterocycles. The second kappa shape index (κ2) is 6.98. The SMILES string of the molecule is CCS(=O)(=O)c1cccc(CNc2cc(Cl)ncc2C(F)(F)F)c1. The van der Waals surface area contributed by atoms with Gasteiger partial charge in [-0.05, 0) is 23.8 Å². The summed E-state index contributed by atoms with van der Waals surface area (Å²) < 4.78 is 62.6. The van der Waals surface area contributed by atoms with Gasteiger partial charge in [-0.2, -0.15) is 13.2 Å². The summed E-state index contributed by atoms with van der Waals surface area (Å²) in [7, 11) is -3.38. The van der Waals surface area contributed by atoms with Gasteiger partial charge in [0.25, 0.3) is 0 Å². The number of sulfone groups is 1. The molecule has 0 saturated carbocycles. The second-order valence-corrected chi connectivity index (χ2v) is 7.62. The van der Waals surface area contributed by atoms with Crippen LogP contribution in [0, 0.1) is 0 Å². The van der Waals surface area contributed by atoms with Gasteiger partial charge in [-0.3, -0.25) is 0 Å². The highest BCUT2D eigenvalue weighted by Gasteiger charge is 2.34. The normalized spacial score (nSPS) is 12.2. The number of hydrogen-bond donors (Lipinski definition) is 1. The molecule has 0 fully saturated rings. The molecule has 4 nitrogen and oxygen atoms in total. The lowest BCUT2D eigenvalue weighted by Crippen LogP contribution is -2.12. The van der Waals surface area contributed by atoms with E-state index < -0.39 is 21.6 Å². The molecule has 0 bridgehead atoms. The van der Waals surface area contributed by atoms with Crippen LogP contribution in [0.25, 0.3) is 0 Å². The minimum Gasteiger partial charge on any atom is -0.380 e. The Kier molecular flexibility index (Phi) is 5.39. The standard InChI is InChI=1S/C15H14ClF3N2O2S/c1-2-24(22,23)11-5-3-4-10(6-11)8-20-13-7-14(16)21-9-12(13)15(17,18)19/h3-7,9H,2,8H2,1H3,(H,20,21). The smallest absolute Gasteiger partial charge is 0.380 e. The third-order valence-electron chi connectivity index (χ3n) is 3.30. The third-order valence-corrected chi connectivity index (χ3v) is 5.24. The van der Waals surface area contributed by atoms with Crippen LogP contribution in [0.2, 0.25) is 5.15 Å². The Labute approximate surface area is 142 Å². The summed E-state index contributed by atoms with van der Waals surface area (Å²) in [5.74, 6) is -0.0535. The topological polar surface area (TPSA) is 59.1 Å². The summed E-state index contributed by atoms with van der Waals surface area (Å²) in [5.41, 5.74) is -0.624. The van der Waals surface area contributed by atoms with Crippen molar-refractivity contribution in [2.75, 3.05) is 11.1 Å². The maximum Gasteiger partial charge on any atom is 0.419 e. The highest BCUT2D eigenvalue weighted by Crippen LogP contribution is 2.35. The van der Waals surface area contributed by atoms with Crippen LogP contribution >= 0.6 is 11.6 Å². The summed E-state index contributed by atoms with van der Waals surface area (Å²) in [4.78, 5) is 3.58. The van der Waals surface area contributed by atoms with E-state index in [0.29, 0.717) is 11.8 Å². The largest absolute Gasteiger partial charge is 0.419 e. The molecule has 0 aliphatic rings. The summed E-state index contributed by atoms with van der Waals surface area (Å²) in [6.45, 7) is 1.53. The quantitative estimate of drug-likeness (QED) is 0.794. The fourth-order valence-electron chi connectivity index (χ4n) is 2.01. The predicted octanol–water partition coefficient (Wildman–Crippen LogP) is 4.16. The number of halogens is 4. The summed E-state index contributed by atoms with van der Waals surface area (Å²) in [6, 6.07) is 7.13. The molecule has 0 aliphatic heterocycles. The van der Waals surface area contributed by atoms with Crippen molar-refractivity contribution < 1.29 is 21.6 Å². The van der Waals surface area contributed by atoms with E-state index in [0.717, 1.165) is 6.07 Å². The maximum atomic E-state index is 13.0. The van der Waals surface area contributed by atoms with Crippen molar-refractivity contribution in [3.05, 3.63) is 52.8 Å². The van der Waals surface area contributed by atoms with Crippen LogP contribution < -0.4 is 5.32 Å². The number of nitrogens with one attached hydrogen (secondary N) is 1. The fourth-order valence-corrected chi connectivity index (χ4v) is 3.12. The Balaban J connectivity index is 2.26. The first-order valence-corrected chi connectivity index (χ1v) is 8.95. The summed E-state index contributed by atoms with van der Waals surface area (Å²) in [5, 5.41) is 2.56. The Morgan fingerprint density at radius 2 is 1.96 bits per heavy atom. The molecule has 0 amide bonds. The van der Waals surface area contributed by atoms with Crippen molar-refractivity contribution in [3.63, 3.8) is 0 Å². The van der Waals surface area contributed by atoms with Gasteiger partial charge in [0, 0.05) is 12.7 Å². The average Bonchev–Trinajstić information content (AvgIpc) is 2.52. The number of pyridine rings is 1. The van der Waals surface area contributed by atoms with Gasteiger partial charge in [0.1, 0.15) is 5.15 Å². The zero-order valence-electron chi connectivity index (χ0n) is 12.6. The Hall–Kier alpha value is -1.80. The Bertz CT molecular complexity index is 839. The van der Waals surface area contributed by atoms with Crippen LogP contribution in [0.1, 0.15) is 18.1 Å². The van der Waals surface area contributed by atoms with Gasteiger partial charge in [0.2, 0.25) is 0 Å². The van der Waals surface area contributed by atoms with Crippen molar-refractivity contribution in [1.82, 2.24) is 4.98 Å². The van der Waals surface area contributed by atoms with Gasteiger partial charge in [-0.1, -0.05) is 30.7 Å². The molecule has 2 rings (SSSR count). The van der Waals surface area contributed by atoms with Crippen LogP contribution in [0.4, 0.5) is 18.9 Å². The van der Waals surface area contributed by atoms with Crippen LogP contribution in [-0.2, 0) is 22.6 Å². The number of rotatable bonds is 5. The lowest BCUT2D eigenvalue weighted by atomic mass is 10.2. The van der Waals surface area contributed by atoms with E-state index in [1.165, 1.54) is 19.1 Å². The Morgan fingerprint density at radius 3 is 2.58 bits per heavy atom. The molecule has 0 unspecified atom stereocenters. The molecule has 24 heavy (non-hydrogen) atoms. The number of anilines is 1. The molecule has 0 radical (unpaired) electrons. The first-order valence-electron chi connectivity index (χ1n) is 6.92. The fraction of sp³-hybridized carbons (Fsp3) is 0.267. The molecule has 1 heterocycles. The minimum atomic E-state index is -4.58. The monoisotopic (exact) mass is 378 g/mol. The number of nitrogens with zero attached hydrogens (tertiary/aromatic N) is 1. The molecule has 9 heteroatoms. The molecule has 2 aromatic rings. The number of hydrogen-bond acceptors (Lipinski definition) is 4. The van der Waals surface area contributed by atoms with E-state index in [9.17, 15) is 21.6 Å². The van der Waals surface area contributed by atoms with Crippen molar-refractivity contribution >= 4 is 27.1 Å².